The Balaban J connectivity index is 4.01. The molecule has 0 aliphatic heterocycles. The zero-order chi connectivity index (χ0) is 9.61. The molecule has 1 unspecified atom stereocenters. The van der Waals surface area contributed by atoms with Crippen molar-refractivity contribution in [3.8, 4) is 0 Å². The van der Waals surface area contributed by atoms with Gasteiger partial charge in [-0.15, -0.1) is 9.42 Å². The molecule has 0 spiro atoms. The van der Waals surface area contributed by atoms with Gasteiger partial charge in [-0.05, 0) is 0 Å². The van der Waals surface area contributed by atoms with Crippen LogP contribution in [0.25, 0.3) is 0 Å². The van der Waals surface area contributed by atoms with Gasteiger partial charge in [-0.3, -0.25) is 0 Å². The van der Waals surface area contributed by atoms with E-state index in [1.54, 1.807) is 0 Å². The Morgan fingerprint density at radius 2 is 1.67 bits per heavy atom. The fraction of sp³-hybridized carbons (Fsp3) is 1.00. The van der Waals surface area contributed by atoms with Crippen molar-refractivity contribution in [2.45, 2.75) is 0 Å². The summed E-state index contributed by atoms with van der Waals surface area (Å²) in [6, 6.07) is 0. The fourth-order valence-corrected chi connectivity index (χ4v) is 4.07. The van der Waals surface area contributed by atoms with Crippen LogP contribution in [0, 0.1) is 5.41 Å². The second kappa shape index (κ2) is 6.85. The standard InChI is InChI=1S/C5H8Br3O3P/c6-1-5(2-7,3-8)4-11-12(9)10/h1-4H2/p+1. The van der Waals surface area contributed by atoms with Gasteiger partial charge in [0, 0.05) is 26.0 Å². The lowest BCUT2D eigenvalue weighted by molar-refractivity contribution is 0.200. The van der Waals surface area contributed by atoms with Crippen LogP contribution in [-0.2, 0) is 9.09 Å². The molecule has 0 aromatic heterocycles. The third kappa shape index (κ3) is 4.63. The first-order valence-corrected chi connectivity index (χ1v) is 7.56. The van der Waals surface area contributed by atoms with Crippen molar-refractivity contribution in [3.63, 3.8) is 0 Å². The molecule has 0 aliphatic carbocycles. The number of rotatable bonds is 6. The van der Waals surface area contributed by atoms with Crippen LogP contribution in [0.15, 0.2) is 0 Å². The molecule has 1 atom stereocenters. The number of hydrogen-bond acceptors (Lipinski definition) is 2. The predicted molar refractivity (Wildman–Crippen MR) is 59.6 cm³/mol. The van der Waals surface area contributed by atoms with Gasteiger partial charge < -0.3 is 0 Å². The molecule has 0 radical (unpaired) electrons. The van der Waals surface area contributed by atoms with E-state index in [0.717, 1.165) is 0 Å². The van der Waals surface area contributed by atoms with Crippen molar-refractivity contribution in [2.75, 3.05) is 22.6 Å². The van der Waals surface area contributed by atoms with E-state index in [1.165, 1.54) is 0 Å². The summed E-state index contributed by atoms with van der Waals surface area (Å²) >= 11 is 9.98. The van der Waals surface area contributed by atoms with E-state index >= 15 is 0 Å². The van der Waals surface area contributed by atoms with E-state index in [1.807, 2.05) is 0 Å². The average molecular weight is 388 g/mol. The molecule has 7 heteroatoms. The fourth-order valence-electron chi connectivity index (χ4n) is 0.415. The molecule has 0 fully saturated rings. The highest BCUT2D eigenvalue weighted by atomic mass is 79.9. The molecule has 0 rings (SSSR count). The lowest BCUT2D eigenvalue weighted by atomic mass is 9.98. The highest BCUT2D eigenvalue weighted by molar-refractivity contribution is 9.10. The van der Waals surface area contributed by atoms with Gasteiger partial charge in [0.1, 0.15) is 6.61 Å². The third-order valence-electron chi connectivity index (χ3n) is 1.33. The lowest BCUT2D eigenvalue weighted by Crippen LogP contribution is -2.31. The van der Waals surface area contributed by atoms with Gasteiger partial charge in [0.15, 0.2) is 0 Å². The summed E-state index contributed by atoms with van der Waals surface area (Å²) in [5, 5.41) is 2.12. The minimum Gasteiger partial charge on any atom is -0.133 e. The van der Waals surface area contributed by atoms with Crippen molar-refractivity contribution < 1.29 is 14.0 Å². The molecule has 0 aromatic carbocycles. The van der Waals surface area contributed by atoms with Gasteiger partial charge in [0.2, 0.25) is 0 Å². The number of hydrogen-bond donors (Lipinski definition) is 1. The van der Waals surface area contributed by atoms with E-state index in [9.17, 15) is 4.57 Å². The number of halogens is 3. The topological polar surface area (TPSA) is 46.5 Å². The Hall–Kier alpha value is 1.46. The predicted octanol–water partition coefficient (Wildman–Crippen LogP) is 2.82. The molecule has 0 amide bonds. The first-order chi connectivity index (χ1) is 5.60. The smallest absolute Gasteiger partial charge is 0.133 e. The molecule has 0 saturated carbocycles. The Bertz CT molecular complexity index is 143. The maximum Gasteiger partial charge on any atom is 0.694 e. The van der Waals surface area contributed by atoms with Crippen LogP contribution >= 0.6 is 56.0 Å². The van der Waals surface area contributed by atoms with Gasteiger partial charge in [-0.2, -0.15) is 0 Å². The highest BCUT2D eigenvalue weighted by Crippen LogP contribution is 2.29. The van der Waals surface area contributed by atoms with Crippen LogP contribution in [0.2, 0.25) is 0 Å². The molecule has 72 valence electrons. The summed E-state index contributed by atoms with van der Waals surface area (Å²) in [6.45, 7) is 0.250. The Kier molecular flexibility index (Phi) is 7.68. The van der Waals surface area contributed by atoms with Crippen molar-refractivity contribution in [2.24, 2.45) is 5.41 Å². The number of alkyl halides is 3. The first kappa shape index (κ1) is 13.5. The Morgan fingerprint density at radius 3 is 1.92 bits per heavy atom. The van der Waals surface area contributed by atoms with E-state index in [4.69, 9.17) is 4.89 Å². The first-order valence-electron chi connectivity index (χ1n) is 3.07. The van der Waals surface area contributed by atoms with Crippen molar-refractivity contribution in [1.29, 1.82) is 0 Å². The van der Waals surface area contributed by atoms with E-state index in [-0.39, 0.29) is 12.0 Å². The molecule has 0 bridgehead atoms. The SMILES string of the molecule is O=[P+](O)OCC(CBr)(CBr)CBr. The van der Waals surface area contributed by atoms with Gasteiger partial charge >= 0.3 is 8.25 Å². The van der Waals surface area contributed by atoms with E-state index in [2.05, 4.69) is 52.3 Å². The molecule has 0 saturated heterocycles. The second-order valence-corrected chi connectivity index (χ2v) is 4.83. The molecular weight excluding hydrogens is 379 g/mol. The summed E-state index contributed by atoms with van der Waals surface area (Å²) in [5.41, 5.74) is -0.159. The molecule has 3 nitrogen and oxygen atoms in total. The zero-order valence-electron chi connectivity index (χ0n) is 6.17. The molecular formula is C5H9Br3O3P+. The molecule has 0 aromatic rings. The third-order valence-corrected chi connectivity index (χ3v) is 5.25. The highest BCUT2D eigenvalue weighted by Gasteiger charge is 2.31. The zero-order valence-corrected chi connectivity index (χ0v) is 11.8. The van der Waals surface area contributed by atoms with Crippen LogP contribution in [-0.4, -0.2) is 27.5 Å². The second-order valence-electron chi connectivity index (χ2n) is 2.41. The van der Waals surface area contributed by atoms with Crippen LogP contribution < -0.4 is 0 Å². The maximum atomic E-state index is 10.3. The van der Waals surface area contributed by atoms with E-state index in [0.29, 0.717) is 16.0 Å². The summed E-state index contributed by atoms with van der Waals surface area (Å²) in [7, 11) is -2.49. The van der Waals surface area contributed by atoms with Crippen LogP contribution in [0.4, 0.5) is 0 Å². The molecule has 1 N–H and O–H groups in total. The Morgan fingerprint density at radius 1 is 1.25 bits per heavy atom. The molecule has 0 heterocycles. The van der Waals surface area contributed by atoms with Gasteiger partial charge in [-0.1, -0.05) is 47.8 Å². The summed E-state index contributed by atoms with van der Waals surface area (Å²) in [5.74, 6) is 0. The van der Waals surface area contributed by atoms with E-state index < -0.39 is 8.25 Å². The molecule has 12 heavy (non-hydrogen) atoms. The largest absolute Gasteiger partial charge is 0.694 e. The minimum atomic E-state index is -2.49. The lowest BCUT2D eigenvalue weighted by Gasteiger charge is -2.23. The van der Waals surface area contributed by atoms with Gasteiger partial charge in [0.05, 0.1) is 0 Å². The van der Waals surface area contributed by atoms with Gasteiger partial charge in [-0.25, -0.2) is 0 Å². The average Bonchev–Trinajstić information content (AvgIpc) is 2.08. The van der Waals surface area contributed by atoms with Crippen molar-refractivity contribution in [1.82, 2.24) is 0 Å². The maximum absolute atomic E-state index is 10.3. The van der Waals surface area contributed by atoms with Gasteiger partial charge in [0.25, 0.3) is 0 Å². The monoisotopic (exact) mass is 385 g/mol. The van der Waals surface area contributed by atoms with Crippen LogP contribution in [0.3, 0.4) is 0 Å². The molecule has 0 aliphatic rings. The summed E-state index contributed by atoms with van der Waals surface area (Å²) in [6.07, 6.45) is 0. The van der Waals surface area contributed by atoms with Crippen LogP contribution in [0.5, 0.6) is 0 Å². The summed E-state index contributed by atoms with van der Waals surface area (Å²) in [4.78, 5) is 8.44. The summed E-state index contributed by atoms with van der Waals surface area (Å²) < 4.78 is 14.9. The van der Waals surface area contributed by atoms with Crippen molar-refractivity contribution in [3.05, 3.63) is 0 Å². The van der Waals surface area contributed by atoms with Crippen molar-refractivity contribution >= 4 is 56.0 Å². The minimum absolute atomic E-state index is 0.159. The van der Waals surface area contributed by atoms with Crippen LogP contribution in [0.1, 0.15) is 0 Å². The Labute approximate surface area is 97.6 Å². The quantitative estimate of drug-likeness (QED) is 0.563. The normalized spacial score (nSPS) is 13.2.